The monoisotopic (exact) mass is 284 g/mol. The lowest BCUT2D eigenvalue weighted by atomic mass is 10.0. The molecule has 1 N–H and O–H groups in total. The van der Waals surface area contributed by atoms with Gasteiger partial charge < -0.3 is 5.11 Å². The van der Waals surface area contributed by atoms with Crippen molar-refractivity contribution >= 4 is 0 Å². The van der Waals surface area contributed by atoms with Crippen LogP contribution in [0.25, 0.3) is 0 Å². The zero-order valence-electron chi connectivity index (χ0n) is 14.5. The molecule has 0 aromatic rings. The Morgan fingerprint density at radius 2 is 1.00 bits per heavy atom. The maximum Gasteiger partial charge on any atom is 0.0540 e. The van der Waals surface area contributed by atoms with Gasteiger partial charge in [0.15, 0.2) is 0 Å². The lowest BCUT2D eigenvalue weighted by molar-refractivity contribution is 0.146. The molecule has 0 bridgehead atoms. The third kappa shape index (κ3) is 16.0. The summed E-state index contributed by atoms with van der Waals surface area (Å²) in [5.41, 5.74) is 0. The molecular weight excluding hydrogens is 244 g/mol. The second-order valence-electron chi connectivity index (χ2n) is 6.95. The fraction of sp³-hybridized carbons (Fsp3) is 1.00. The highest BCUT2D eigenvalue weighted by atomic mass is 16.3. The van der Waals surface area contributed by atoms with Gasteiger partial charge in [0, 0.05) is 0 Å². The molecule has 20 heavy (non-hydrogen) atoms. The van der Waals surface area contributed by atoms with Gasteiger partial charge in [-0.25, -0.2) is 0 Å². The summed E-state index contributed by atoms with van der Waals surface area (Å²) in [5.74, 6) is 0.810. The molecule has 0 fully saturated rings. The minimum atomic E-state index is -0.0354. The predicted molar refractivity (Wildman–Crippen MR) is 91.2 cm³/mol. The van der Waals surface area contributed by atoms with E-state index in [0.717, 1.165) is 18.8 Å². The topological polar surface area (TPSA) is 20.2 Å². The van der Waals surface area contributed by atoms with Crippen molar-refractivity contribution in [2.45, 2.75) is 117 Å². The molecular formula is C19H40O. The lowest BCUT2D eigenvalue weighted by Crippen LogP contribution is -2.06. The fourth-order valence-corrected chi connectivity index (χ4v) is 2.77. The highest BCUT2D eigenvalue weighted by molar-refractivity contribution is 4.58. The van der Waals surface area contributed by atoms with E-state index >= 15 is 0 Å². The van der Waals surface area contributed by atoms with Gasteiger partial charge in [0.1, 0.15) is 0 Å². The van der Waals surface area contributed by atoms with Crippen LogP contribution in [0.3, 0.4) is 0 Å². The normalized spacial score (nSPS) is 13.1. The van der Waals surface area contributed by atoms with E-state index in [1.54, 1.807) is 0 Å². The average Bonchev–Trinajstić information content (AvgIpc) is 2.41. The molecule has 1 atom stereocenters. The molecule has 0 aliphatic rings. The van der Waals surface area contributed by atoms with Crippen LogP contribution in [0.5, 0.6) is 0 Å². The van der Waals surface area contributed by atoms with Crippen molar-refractivity contribution in [3.8, 4) is 0 Å². The lowest BCUT2D eigenvalue weighted by Gasteiger charge is -2.11. The summed E-state index contributed by atoms with van der Waals surface area (Å²) in [7, 11) is 0. The molecule has 1 unspecified atom stereocenters. The van der Waals surface area contributed by atoms with Gasteiger partial charge in [0.25, 0.3) is 0 Å². The van der Waals surface area contributed by atoms with E-state index in [-0.39, 0.29) is 6.10 Å². The van der Waals surface area contributed by atoms with Gasteiger partial charge in [0.05, 0.1) is 6.10 Å². The molecule has 1 nitrogen and oxygen atoms in total. The molecule has 0 rings (SSSR count). The average molecular weight is 285 g/mol. The summed E-state index contributed by atoms with van der Waals surface area (Å²) < 4.78 is 0. The second-order valence-corrected chi connectivity index (χ2v) is 6.95. The van der Waals surface area contributed by atoms with Crippen molar-refractivity contribution < 1.29 is 5.11 Å². The van der Waals surface area contributed by atoms with Crippen molar-refractivity contribution in [2.75, 3.05) is 0 Å². The molecule has 0 aromatic heterocycles. The van der Waals surface area contributed by atoms with Gasteiger partial charge in [-0.15, -0.1) is 0 Å². The molecule has 0 radical (unpaired) electrons. The SMILES string of the molecule is CCCCCCCCCCCC(O)CCCCC(C)C. The van der Waals surface area contributed by atoms with Gasteiger partial charge in [-0.1, -0.05) is 97.8 Å². The fourth-order valence-electron chi connectivity index (χ4n) is 2.77. The van der Waals surface area contributed by atoms with Crippen molar-refractivity contribution in [3.05, 3.63) is 0 Å². The standard InChI is InChI=1S/C19H40O/c1-4-5-6-7-8-9-10-11-12-16-19(20)17-14-13-15-18(2)3/h18-20H,4-17H2,1-3H3. The zero-order chi connectivity index (χ0) is 15.1. The predicted octanol–water partition coefficient (Wildman–Crippen LogP) is 6.48. The first-order valence-electron chi connectivity index (χ1n) is 9.34. The molecule has 122 valence electrons. The third-order valence-electron chi connectivity index (χ3n) is 4.21. The van der Waals surface area contributed by atoms with Crippen LogP contribution >= 0.6 is 0 Å². The van der Waals surface area contributed by atoms with Crippen molar-refractivity contribution in [2.24, 2.45) is 5.92 Å². The van der Waals surface area contributed by atoms with E-state index in [0.29, 0.717) is 0 Å². The Labute approximate surface area is 128 Å². The first-order valence-corrected chi connectivity index (χ1v) is 9.34. The Hall–Kier alpha value is -0.0400. The summed E-state index contributed by atoms with van der Waals surface area (Å²) in [6.45, 7) is 6.82. The second kappa shape index (κ2) is 15.4. The highest BCUT2D eigenvalue weighted by Crippen LogP contribution is 2.15. The Balaban J connectivity index is 3.13. The van der Waals surface area contributed by atoms with E-state index < -0.39 is 0 Å². The van der Waals surface area contributed by atoms with Crippen LogP contribution in [-0.2, 0) is 0 Å². The van der Waals surface area contributed by atoms with E-state index in [9.17, 15) is 5.11 Å². The smallest absolute Gasteiger partial charge is 0.0540 e. The summed E-state index contributed by atoms with van der Waals surface area (Å²) in [4.78, 5) is 0. The van der Waals surface area contributed by atoms with Gasteiger partial charge in [-0.2, -0.15) is 0 Å². The third-order valence-corrected chi connectivity index (χ3v) is 4.21. The van der Waals surface area contributed by atoms with Gasteiger partial charge in [0.2, 0.25) is 0 Å². The van der Waals surface area contributed by atoms with E-state index in [1.165, 1.54) is 77.0 Å². The van der Waals surface area contributed by atoms with Crippen LogP contribution in [0.4, 0.5) is 0 Å². The first-order chi connectivity index (χ1) is 9.66. The molecule has 0 saturated heterocycles. The van der Waals surface area contributed by atoms with Crippen LogP contribution in [0.1, 0.15) is 111 Å². The number of hydrogen-bond donors (Lipinski definition) is 1. The Bertz CT molecular complexity index is 177. The zero-order valence-corrected chi connectivity index (χ0v) is 14.5. The maximum absolute atomic E-state index is 9.91. The maximum atomic E-state index is 9.91. The number of unbranched alkanes of at least 4 members (excludes halogenated alkanes) is 9. The quantitative estimate of drug-likeness (QED) is 0.341. The molecule has 0 aromatic carbocycles. The number of aliphatic hydroxyl groups excluding tert-OH is 1. The van der Waals surface area contributed by atoms with E-state index in [4.69, 9.17) is 0 Å². The van der Waals surface area contributed by atoms with Gasteiger partial charge in [-0.05, 0) is 18.8 Å². The molecule has 1 heteroatoms. The minimum absolute atomic E-state index is 0.0354. The molecule has 0 saturated carbocycles. The Kier molecular flexibility index (Phi) is 15.3. The van der Waals surface area contributed by atoms with Crippen LogP contribution in [0.15, 0.2) is 0 Å². The highest BCUT2D eigenvalue weighted by Gasteiger charge is 2.04. The van der Waals surface area contributed by atoms with E-state index in [1.807, 2.05) is 0 Å². The molecule has 0 aliphatic heterocycles. The van der Waals surface area contributed by atoms with Crippen molar-refractivity contribution in [3.63, 3.8) is 0 Å². The van der Waals surface area contributed by atoms with Crippen LogP contribution < -0.4 is 0 Å². The number of hydrogen-bond acceptors (Lipinski definition) is 1. The van der Waals surface area contributed by atoms with Gasteiger partial charge >= 0.3 is 0 Å². The summed E-state index contributed by atoms with van der Waals surface area (Å²) in [6, 6.07) is 0. The van der Waals surface area contributed by atoms with Crippen LogP contribution in [-0.4, -0.2) is 11.2 Å². The number of rotatable bonds is 15. The molecule has 0 amide bonds. The van der Waals surface area contributed by atoms with Crippen molar-refractivity contribution in [1.82, 2.24) is 0 Å². The summed E-state index contributed by atoms with van der Waals surface area (Å²) >= 11 is 0. The Morgan fingerprint density at radius 3 is 1.50 bits per heavy atom. The minimum Gasteiger partial charge on any atom is -0.393 e. The van der Waals surface area contributed by atoms with E-state index in [2.05, 4.69) is 20.8 Å². The van der Waals surface area contributed by atoms with Gasteiger partial charge in [-0.3, -0.25) is 0 Å². The van der Waals surface area contributed by atoms with Crippen LogP contribution in [0, 0.1) is 5.92 Å². The largest absolute Gasteiger partial charge is 0.393 e. The van der Waals surface area contributed by atoms with Crippen LogP contribution in [0.2, 0.25) is 0 Å². The van der Waals surface area contributed by atoms with Crippen molar-refractivity contribution in [1.29, 1.82) is 0 Å². The number of aliphatic hydroxyl groups is 1. The first kappa shape index (κ1) is 20.0. The Morgan fingerprint density at radius 1 is 0.600 bits per heavy atom. The molecule has 0 spiro atoms. The summed E-state index contributed by atoms with van der Waals surface area (Å²) in [6.07, 6.45) is 18.1. The molecule has 0 aliphatic carbocycles. The molecule has 0 heterocycles. The summed E-state index contributed by atoms with van der Waals surface area (Å²) in [5, 5.41) is 9.91.